The highest BCUT2D eigenvalue weighted by Crippen LogP contribution is 2.36. The molecule has 0 fully saturated rings. The monoisotopic (exact) mass is 430 g/mol. The van der Waals surface area contributed by atoms with E-state index in [4.69, 9.17) is 4.74 Å². The molecule has 7 nitrogen and oxygen atoms in total. The van der Waals surface area contributed by atoms with Crippen LogP contribution in [0.25, 0.3) is 11.1 Å². The van der Waals surface area contributed by atoms with Crippen LogP contribution in [-0.2, 0) is 20.7 Å². The maximum atomic E-state index is 13.2. The van der Waals surface area contributed by atoms with Crippen molar-refractivity contribution in [2.24, 2.45) is 11.0 Å². The summed E-state index contributed by atoms with van der Waals surface area (Å²) in [5, 5.41) is 5.67. The smallest absolute Gasteiger partial charge is 0.281 e. The summed E-state index contributed by atoms with van der Waals surface area (Å²) in [5.74, 6) is 0.686. The lowest BCUT2D eigenvalue weighted by Crippen LogP contribution is -2.44. The molecule has 2 aromatic rings. The van der Waals surface area contributed by atoms with Crippen molar-refractivity contribution >= 4 is 23.4 Å². The molecule has 0 spiro atoms. The summed E-state index contributed by atoms with van der Waals surface area (Å²) >= 11 is 0. The molecule has 0 saturated carbocycles. The molecule has 32 heavy (non-hydrogen) atoms. The lowest BCUT2D eigenvalue weighted by Gasteiger charge is -2.27. The first-order valence-electron chi connectivity index (χ1n) is 11.1. The zero-order chi connectivity index (χ0) is 22.1. The van der Waals surface area contributed by atoms with Crippen molar-refractivity contribution in [3.8, 4) is 11.1 Å². The van der Waals surface area contributed by atoms with Crippen molar-refractivity contribution in [3.63, 3.8) is 0 Å². The Morgan fingerprint density at radius 3 is 2.91 bits per heavy atom. The molecule has 1 atom stereocenters. The minimum absolute atomic E-state index is 0.0826. The van der Waals surface area contributed by atoms with Crippen LogP contribution in [0.4, 0.5) is 5.69 Å². The molecular weight excluding hydrogens is 404 g/mol. The van der Waals surface area contributed by atoms with Crippen LogP contribution in [0.3, 0.4) is 0 Å². The first-order chi connectivity index (χ1) is 15.6. The third kappa shape index (κ3) is 3.90. The number of pyridine rings is 1. The summed E-state index contributed by atoms with van der Waals surface area (Å²) < 4.78 is 5.58. The van der Waals surface area contributed by atoms with Gasteiger partial charge in [-0.15, -0.1) is 5.10 Å². The average Bonchev–Trinajstić information content (AvgIpc) is 3.26. The second-order valence-electron chi connectivity index (χ2n) is 8.59. The fourth-order valence-corrected chi connectivity index (χ4v) is 4.54. The molecule has 0 radical (unpaired) electrons. The molecule has 5 rings (SSSR count). The third-order valence-electron chi connectivity index (χ3n) is 6.37. The van der Waals surface area contributed by atoms with Crippen LogP contribution in [0.2, 0.25) is 0 Å². The van der Waals surface area contributed by atoms with Crippen LogP contribution < -0.4 is 4.90 Å². The Labute approximate surface area is 187 Å². The van der Waals surface area contributed by atoms with E-state index in [0.717, 1.165) is 53.6 Å². The van der Waals surface area contributed by atoms with Crippen LogP contribution in [0.15, 0.2) is 59.5 Å². The van der Waals surface area contributed by atoms with E-state index in [9.17, 15) is 9.59 Å². The van der Waals surface area contributed by atoms with Crippen molar-refractivity contribution in [1.29, 1.82) is 0 Å². The van der Waals surface area contributed by atoms with Crippen LogP contribution >= 0.6 is 0 Å². The van der Waals surface area contributed by atoms with E-state index in [2.05, 4.69) is 29.2 Å². The Bertz CT molecular complexity index is 1110. The second-order valence-corrected chi connectivity index (χ2v) is 8.59. The lowest BCUT2D eigenvalue weighted by molar-refractivity contribution is -0.139. The van der Waals surface area contributed by atoms with Crippen LogP contribution in [0.1, 0.15) is 31.7 Å². The van der Waals surface area contributed by atoms with Gasteiger partial charge in [0.2, 0.25) is 11.8 Å². The van der Waals surface area contributed by atoms with E-state index in [-0.39, 0.29) is 25.0 Å². The molecule has 0 bridgehead atoms. The maximum Gasteiger partial charge on any atom is 0.281 e. The van der Waals surface area contributed by atoms with Gasteiger partial charge in [0, 0.05) is 35.8 Å². The van der Waals surface area contributed by atoms with Gasteiger partial charge in [-0.05, 0) is 54.9 Å². The quantitative estimate of drug-likeness (QED) is 0.743. The highest BCUT2D eigenvalue weighted by atomic mass is 16.5. The predicted octanol–water partition coefficient (Wildman–Crippen LogP) is 3.56. The standard InChI is InChI=1S/C25H26N4O3/c1-17-7-9-18(10-8-17)25-27-29(24(31)16-32-25)15-23(30)28-13-11-21-20(5-2-6-22(21)28)19-4-3-12-26-14-19/h2-6,9,12,14,17H,7-8,10-11,13,15-16H2,1H3. The van der Waals surface area contributed by atoms with Crippen molar-refractivity contribution in [2.45, 2.75) is 32.6 Å². The summed E-state index contributed by atoms with van der Waals surface area (Å²) in [6.45, 7) is 2.63. The lowest BCUT2D eigenvalue weighted by atomic mass is 9.91. The van der Waals surface area contributed by atoms with Crippen LogP contribution in [0, 0.1) is 5.92 Å². The van der Waals surface area contributed by atoms with Gasteiger partial charge >= 0.3 is 0 Å². The average molecular weight is 431 g/mol. The molecule has 0 N–H and O–H groups in total. The molecule has 164 valence electrons. The first-order valence-corrected chi connectivity index (χ1v) is 11.1. The number of anilines is 1. The summed E-state index contributed by atoms with van der Waals surface area (Å²) in [4.78, 5) is 31.6. The van der Waals surface area contributed by atoms with Crippen LogP contribution in [-0.4, -0.2) is 47.4 Å². The van der Waals surface area contributed by atoms with Crippen molar-refractivity contribution < 1.29 is 14.3 Å². The fraction of sp³-hybridized carbons (Fsp3) is 0.360. The minimum Gasteiger partial charge on any atom is -0.466 e. The van der Waals surface area contributed by atoms with E-state index in [0.29, 0.717) is 18.4 Å². The maximum absolute atomic E-state index is 13.2. The van der Waals surface area contributed by atoms with Gasteiger partial charge in [0.05, 0.1) is 0 Å². The molecule has 2 amide bonds. The van der Waals surface area contributed by atoms with Gasteiger partial charge in [-0.3, -0.25) is 14.6 Å². The van der Waals surface area contributed by atoms with Crippen LogP contribution in [0.5, 0.6) is 0 Å². The number of hydrazone groups is 1. The molecule has 1 aromatic carbocycles. The molecule has 1 unspecified atom stereocenters. The first kappa shape index (κ1) is 20.4. The number of hydrogen-bond acceptors (Lipinski definition) is 5. The summed E-state index contributed by atoms with van der Waals surface area (Å²) in [6, 6.07) is 9.92. The molecule has 1 aliphatic carbocycles. The second kappa shape index (κ2) is 8.57. The number of amides is 2. The van der Waals surface area contributed by atoms with E-state index in [1.807, 2.05) is 30.5 Å². The van der Waals surface area contributed by atoms with Crippen molar-refractivity contribution in [2.75, 3.05) is 24.6 Å². The van der Waals surface area contributed by atoms with Gasteiger partial charge in [0.25, 0.3) is 5.91 Å². The highest BCUT2D eigenvalue weighted by molar-refractivity contribution is 6.02. The van der Waals surface area contributed by atoms with Crippen molar-refractivity contribution in [1.82, 2.24) is 9.99 Å². The summed E-state index contributed by atoms with van der Waals surface area (Å²) in [5.41, 5.74) is 5.18. The van der Waals surface area contributed by atoms with Gasteiger partial charge in [-0.25, -0.2) is 5.01 Å². The Morgan fingerprint density at radius 2 is 2.12 bits per heavy atom. The Balaban J connectivity index is 1.35. The number of aromatic nitrogens is 1. The predicted molar refractivity (Wildman–Crippen MR) is 122 cm³/mol. The number of rotatable bonds is 4. The van der Waals surface area contributed by atoms with Gasteiger partial charge in [0.1, 0.15) is 6.54 Å². The Morgan fingerprint density at radius 1 is 1.22 bits per heavy atom. The zero-order valence-electron chi connectivity index (χ0n) is 18.2. The molecular formula is C25H26N4O3. The van der Waals surface area contributed by atoms with Gasteiger partial charge in [-0.1, -0.05) is 31.2 Å². The molecule has 0 saturated heterocycles. The van der Waals surface area contributed by atoms with E-state index < -0.39 is 0 Å². The highest BCUT2D eigenvalue weighted by Gasteiger charge is 2.31. The number of hydrogen-bond donors (Lipinski definition) is 0. The topological polar surface area (TPSA) is 75.1 Å². The largest absolute Gasteiger partial charge is 0.466 e. The van der Waals surface area contributed by atoms with Crippen molar-refractivity contribution in [3.05, 3.63) is 59.9 Å². The Kier molecular flexibility index (Phi) is 5.47. The van der Waals surface area contributed by atoms with E-state index in [1.54, 1.807) is 11.1 Å². The molecule has 2 aliphatic heterocycles. The van der Waals surface area contributed by atoms with E-state index in [1.165, 1.54) is 5.01 Å². The van der Waals surface area contributed by atoms with E-state index >= 15 is 0 Å². The third-order valence-corrected chi connectivity index (χ3v) is 6.37. The zero-order valence-corrected chi connectivity index (χ0v) is 18.2. The summed E-state index contributed by atoms with van der Waals surface area (Å²) in [7, 11) is 0. The molecule has 7 heteroatoms. The number of carbonyl (C=O) groups excluding carboxylic acids is 2. The summed E-state index contributed by atoms with van der Waals surface area (Å²) in [6.07, 6.45) is 9.43. The van der Waals surface area contributed by atoms with Gasteiger partial charge < -0.3 is 9.64 Å². The minimum atomic E-state index is -0.296. The number of ether oxygens (including phenoxy) is 1. The SMILES string of the molecule is CC1CC=C(C2=NN(CC(=O)N3CCc4c(-c5cccnc5)cccc43)C(=O)CO2)CC1. The number of fused-ring (bicyclic) bond motifs is 1. The number of allylic oxidation sites excluding steroid dienone is 1. The Hall–Kier alpha value is -3.48. The molecule has 1 aromatic heterocycles. The number of nitrogens with zero attached hydrogens (tertiary/aromatic N) is 4. The molecule has 3 aliphatic rings. The van der Waals surface area contributed by atoms with Gasteiger partial charge in [-0.2, -0.15) is 0 Å². The number of benzene rings is 1. The normalized spacial score (nSPS) is 20.4. The fourth-order valence-electron chi connectivity index (χ4n) is 4.54. The number of carbonyl (C=O) groups is 2. The van der Waals surface area contributed by atoms with Gasteiger partial charge in [0.15, 0.2) is 6.61 Å². The molecule has 3 heterocycles.